The maximum atomic E-state index is 13.1. The van der Waals surface area contributed by atoms with Gasteiger partial charge in [0.1, 0.15) is 17.9 Å². The molecule has 1 saturated heterocycles. The number of likely N-dealkylation sites (tertiary alicyclic amines) is 1. The monoisotopic (exact) mass is 517 g/mol. The number of piperidine rings is 1. The van der Waals surface area contributed by atoms with Crippen LogP contribution in [0.2, 0.25) is 0 Å². The SMILES string of the molecule is CCCOCc1ncc(-c2ccc3ncc4nc3c2OCC2(CC2)CNC(=O)[C@@H]2C[C@H](CCN2C)N4)cn1. The van der Waals surface area contributed by atoms with Crippen molar-refractivity contribution in [2.24, 2.45) is 5.41 Å². The van der Waals surface area contributed by atoms with Crippen LogP contribution < -0.4 is 15.4 Å². The second-order valence-corrected chi connectivity index (χ2v) is 10.9. The Kier molecular flexibility index (Phi) is 6.84. The van der Waals surface area contributed by atoms with Crippen LogP contribution in [0.3, 0.4) is 0 Å². The molecule has 10 heteroatoms. The van der Waals surface area contributed by atoms with Gasteiger partial charge in [-0.15, -0.1) is 0 Å². The average Bonchev–Trinajstić information content (AvgIpc) is 3.71. The smallest absolute Gasteiger partial charge is 0.237 e. The van der Waals surface area contributed by atoms with E-state index in [0.29, 0.717) is 49.3 Å². The summed E-state index contributed by atoms with van der Waals surface area (Å²) in [5, 5.41) is 6.77. The first-order chi connectivity index (χ1) is 18.5. The molecule has 1 aliphatic carbocycles. The molecule has 10 nitrogen and oxygen atoms in total. The zero-order valence-corrected chi connectivity index (χ0v) is 22.1. The van der Waals surface area contributed by atoms with Crippen LogP contribution in [-0.2, 0) is 16.1 Å². The van der Waals surface area contributed by atoms with Crippen molar-refractivity contribution < 1.29 is 14.3 Å². The number of nitrogens with zero attached hydrogens (tertiary/aromatic N) is 5. The highest BCUT2D eigenvalue weighted by atomic mass is 16.5. The van der Waals surface area contributed by atoms with E-state index in [1.807, 2.05) is 31.6 Å². The van der Waals surface area contributed by atoms with Gasteiger partial charge < -0.3 is 20.1 Å². The molecule has 2 aliphatic heterocycles. The van der Waals surface area contributed by atoms with Crippen molar-refractivity contribution in [1.29, 1.82) is 0 Å². The summed E-state index contributed by atoms with van der Waals surface area (Å²) in [4.78, 5) is 34.0. The van der Waals surface area contributed by atoms with Gasteiger partial charge in [0.25, 0.3) is 0 Å². The van der Waals surface area contributed by atoms with Crippen LogP contribution in [0.15, 0.2) is 30.7 Å². The van der Waals surface area contributed by atoms with E-state index >= 15 is 0 Å². The molecule has 1 amide bonds. The van der Waals surface area contributed by atoms with Gasteiger partial charge in [0.2, 0.25) is 5.91 Å². The molecule has 4 bridgehead atoms. The van der Waals surface area contributed by atoms with E-state index in [9.17, 15) is 4.79 Å². The van der Waals surface area contributed by atoms with E-state index in [0.717, 1.165) is 55.3 Å². The molecule has 1 aromatic carbocycles. The number of nitrogens with one attached hydrogen (secondary N) is 2. The maximum absolute atomic E-state index is 13.1. The third-order valence-electron chi connectivity index (χ3n) is 7.91. The summed E-state index contributed by atoms with van der Waals surface area (Å²) < 4.78 is 12.2. The summed E-state index contributed by atoms with van der Waals surface area (Å²) in [6.45, 7) is 5.10. The van der Waals surface area contributed by atoms with Crippen molar-refractivity contribution in [3.8, 4) is 16.9 Å². The van der Waals surface area contributed by atoms with E-state index in [1.165, 1.54) is 0 Å². The minimum Gasteiger partial charge on any atom is -0.490 e. The zero-order valence-electron chi connectivity index (χ0n) is 22.1. The number of aromatic nitrogens is 4. The lowest BCUT2D eigenvalue weighted by Crippen LogP contribution is -2.53. The standard InChI is InChI=1S/C28H35N7O3/c1-3-10-37-15-24-30-12-18(13-31-24)20-4-5-21-25-26(20)38-17-28(7-8-28)16-32-27(36)22-11-19(6-9-35(22)2)33-23(34-25)14-29-21/h4-5,12-14,19,22H,3,6-11,15-17H2,1-2H3,(H,32,36)(H,33,34)/t19-,22-/m0/s1. The number of ether oxygens (including phenoxy) is 2. The Hall–Kier alpha value is -3.37. The Balaban J connectivity index is 1.37. The van der Waals surface area contributed by atoms with Gasteiger partial charge in [0, 0.05) is 54.7 Å². The average molecular weight is 518 g/mol. The summed E-state index contributed by atoms with van der Waals surface area (Å²) in [6, 6.07) is 3.94. The van der Waals surface area contributed by atoms with Crippen molar-refractivity contribution in [3.05, 3.63) is 36.5 Å². The highest BCUT2D eigenvalue weighted by molar-refractivity contribution is 5.90. The number of anilines is 1. The predicted octanol–water partition coefficient (Wildman–Crippen LogP) is 3.18. The number of hydrogen-bond acceptors (Lipinski definition) is 9. The molecule has 2 aromatic heterocycles. The third kappa shape index (κ3) is 5.15. The van der Waals surface area contributed by atoms with Crippen LogP contribution in [0.1, 0.15) is 44.9 Å². The number of amides is 1. The number of fused-ring (bicyclic) bond motifs is 3. The van der Waals surface area contributed by atoms with Gasteiger partial charge in [0.15, 0.2) is 11.6 Å². The zero-order chi connectivity index (χ0) is 26.1. The summed E-state index contributed by atoms with van der Waals surface area (Å²) in [7, 11) is 2.03. The minimum atomic E-state index is -0.160. The third-order valence-corrected chi connectivity index (χ3v) is 7.91. The van der Waals surface area contributed by atoms with E-state index in [-0.39, 0.29) is 23.4 Å². The Morgan fingerprint density at radius 2 is 2.03 bits per heavy atom. The summed E-state index contributed by atoms with van der Waals surface area (Å²) in [5.41, 5.74) is 3.14. The van der Waals surface area contributed by atoms with Gasteiger partial charge in [-0.3, -0.25) is 14.7 Å². The fraction of sp³-hybridized carbons (Fsp3) is 0.536. The number of rotatable bonds is 5. The minimum absolute atomic E-state index is 0.0634. The topological polar surface area (TPSA) is 114 Å². The molecule has 3 aromatic rings. The molecule has 2 fully saturated rings. The van der Waals surface area contributed by atoms with E-state index in [1.54, 1.807) is 6.20 Å². The first-order valence-corrected chi connectivity index (χ1v) is 13.6. The molecule has 1 saturated carbocycles. The molecule has 6 rings (SSSR count). The van der Waals surface area contributed by atoms with Gasteiger partial charge in [0.05, 0.1) is 24.4 Å². The van der Waals surface area contributed by atoms with Crippen molar-refractivity contribution in [2.75, 3.05) is 38.7 Å². The fourth-order valence-corrected chi connectivity index (χ4v) is 5.27. The van der Waals surface area contributed by atoms with Crippen LogP contribution in [0.25, 0.3) is 22.2 Å². The van der Waals surface area contributed by atoms with Gasteiger partial charge >= 0.3 is 0 Å². The highest BCUT2D eigenvalue weighted by Gasteiger charge is 2.45. The predicted molar refractivity (Wildman–Crippen MR) is 144 cm³/mol. The Labute approximate surface area is 222 Å². The number of likely N-dealkylation sites (N-methyl/N-ethyl adjacent to an activating group) is 1. The van der Waals surface area contributed by atoms with Crippen LogP contribution in [0.5, 0.6) is 5.75 Å². The molecule has 0 radical (unpaired) electrons. The maximum Gasteiger partial charge on any atom is 0.237 e. The summed E-state index contributed by atoms with van der Waals surface area (Å²) >= 11 is 0. The van der Waals surface area contributed by atoms with Crippen molar-refractivity contribution in [2.45, 2.75) is 57.7 Å². The van der Waals surface area contributed by atoms with Gasteiger partial charge in [-0.1, -0.05) is 6.92 Å². The molecule has 2 N–H and O–H groups in total. The molecule has 38 heavy (non-hydrogen) atoms. The molecular formula is C28H35N7O3. The molecule has 0 unspecified atom stereocenters. The highest BCUT2D eigenvalue weighted by Crippen LogP contribution is 2.46. The van der Waals surface area contributed by atoms with Crippen LogP contribution in [-0.4, -0.2) is 76.2 Å². The number of hydrogen-bond donors (Lipinski definition) is 2. The van der Waals surface area contributed by atoms with Gasteiger partial charge in [-0.2, -0.15) is 0 Å². The first-order valence-electron chi connectivity index (χ1n) is 13.6. The summed E-state index contributed by atoms with van der Waals surface area (Å²) in [6.07, 6.45) is 10.0. The van der Waals surface area contributed by atoms with Gasteiger partial charge in [-0.25, -0.2) is 15.0 Å². The van der Waals surface area contributed by atoms with E-state index in [2.05, 4.69) is 32.4 Å². The first kappa shape index (κ1) is 24.9. The molecule has 4 heterocycles. The number of carbonyl (C=O) groups excluding carboxylic acids is 1. The van der Waals surface area contributed by atoms with Gasteiger partial charge in [-0.05, 0) is 51.3 Å². The molecular weight excluding hydrogens is 482 g/mol. The van der Waals surface area contributed by atoms with Crippen LogP contribution >= 0.6 is 0 Å². The molecule has 2 atom stereocenters. The Morgan fingerprint density at radius 3 is 2.82 bits per heavy atom. The fourth-order valence-electron chi connectivity index (χ4n) is 5.27. The second kappa shape index (κ2) is 10.4. The lowest BCUT2D eigenvalue weighted by molar-refractivity contribution is -0.127. The Bertz CT molecular complexity index is 1310. The largest absolute Gasteiger partial charge is 0.490 e. The number of carbonyl (C=O) groups is 1. The Morgan fingerprint density at radius 1 is 1.18 bits per heavy atom. The lowest BCUT2D eigenvalue weighted by atomic mass is 9.96. The van der Waals surface area contributed by atoms with E-state index < -0.39 is 0 Å². The van der Waals surface area contributed by atoms with Crippen LogP contribution in [0.4, 0.5) is 5.82 Å². The van der Waals surface area contributed by atoms with Crippen molar-refractivity contribution in [3.63, 3.8) is 0 Å². The molecule has 200 valence electrons. The van der Waals surface area contributed by atoms with Crippen LogP contribution in [0, 0.1) is 5.41 Å². The van der Waals surface area contributed by atoms with Crippen molar-refractivity contribution >= 4 is 22.8 Å². The van der Waals surface area contributed by atoms with E-state index in [4.69, 9.17) is 19.4 Å². The normalized spacial score (nSPS) is 22.9. The quantitative estimate of drug-likeness (QED) is 0.493. The second-order valence-electron chi connectivity index (χ2n) is 10.9. The molecule has 1 spiro atoms. The summed E-state index contributed by atoms with van der Waals surface area (Å²) in [5.74, 6) is 2.10. The molecule has 3 aliphatic rings. The van der Waals surface area contributed by atoms with Crippen molar-refractivity contribution in [1.82, 2.24) is 30.2 Å². The number of benzene rings is 1. The lowest BCUT2D eigenvalue weighted by Gasteiger charge is -2.37.